The Hall–Kier alpha value is -1.76. The van der Waals surface area contributed by atoms with Crippen molar-refractivity contribution >= 4 is 5.69 Å². The minimum absolute atomic E-state index is 0.00299. The molecule has 0 saturated heterocycles. The van der Waals surface area contributed by atoms with Crippen LogP contribution in [0.15, 0.2) is 12.3 Å². The maximum absolute atomic E-state index is 8.73. The molecule has 0 aromatic carbocycles. The molecule has 0 aliphatic heterocycles. The molecule has 0 atom stereocenters. The van der Waals surface area contributed by atoms with Crippen molar-refractivity contribution in [2.75, 3.05) is 5.73 Å². The monoisotopic (exact) mass is 177 g/mol. The average Bonchev–Trinajstić information content (AvgIpc) is 2.07. The molecule has 68 valence electrons. The number of hydrogen-bond acceptors (Lipinski definition) is 4. The predicted molar refractivity (Wildman–Crippen MR) is 49.1 cm³/mol. The van der Waals surface area contributed by atoms with Gasteiger partial charge in [-0.3, -0.25) is 0 Å². The van der Waals surface area contributed by atoms with Crippen LogP contribution in [0.3, 0.4) is 0 Å². The Labute approximate surface area is 77.0 Å². The van der Waals surface area contributed by atoms with Gasteiger partial charge >= 0.3 is 0 Å². The van der Waals surface area contributed by atoms with Crippen LogP contribution < -0.4 is 10.5 Å². The van der Waals surface area contributed by atoms with Crippen molar-refractivity contribution < 1.29 is 4.74 Å². The zero-order chi connectivity index (χ0) is 9.84. The molecule has 0 amide bonds. The van der Waals surface area contributed by atoms with Gasteiger partial charge < -0.3 is 10.5 Å². The summed E-state index contributed by atoms with van der Waals surface area (Å²) in [5.74, 6) is 0.340. The topological polar surface area (TPSA) is 71.9 Å². The van der Waals surface area contributed by atoms with Crippen molar-refractivity contribution in [3.63, 3.8) is 0 Å². The predicted octanol–water partition coefficient (Wildman–Crippen LogP) is 1.32. The van der Waals surface area contributed by atoms with Gasteiger partial charge in [-0.1, -0.05) is 0 Å². The van der Waals surface area contributed by atoms with Gasteiger partial charge in [0.05, 0.1) is 18.0 Å². The number of hydrogen-bond donors (Lipinski definition) is 1. The summed E-state index contributed by atoms with van der Waals surface area (Å²) in [6.45, 7) is 3.75. The number of nitrogen functional groups attached to an aromatic ring is 1. The lowest BCUT2D eigenvalue weighted by atomic mass is 10.3. The molecule has 0 fully saturated rings. The number of nitrogens with zero attached hydrogens (tertiary/aromatic N) is 2. The molecule has 2 N–H and O–H groups in total. The molecule has 0 aliphatic rings. The van der Waals surface area contributed by atoms with Gasteiger partial charge in [0.25, 0.3) is 0 Å². The third-order valence-electron chi connectivity index (χ3n) is 1.34. The lowest BCUT2D eigenvalue weighted by Crippen LogP contribution is -2.08. The molecule has 4 heteroatoms. The third kappa shape index (κ3) is 2.34. The molecule has 0 radical (unpaired) electrons. The Morgan fingerprint density at radius 1 is 1.62 bits per heavy atom. The highest BCUT2D eigenvalue weighted by molar-refractivity contribution is 5.48. The van der Waals surface area contributed by atoms with Crippen molar-refractivity contribution in [1.82, 2.24) is 4.98 Å². The first-order valence-corrected chi connectivity index (χ1v) is 3.95. The normalized spacial score (nSPS) is 9.69. The number of nitriles is 1. The van der Waals surface area contributed by atoms with Crippen LogP contribution in [0.2, 0.25) is 0 Å². The zero-order valence-electron chi connectivity index (χ0n) is 7.61. The summed E-state index contributed by atoms with van der Waals surface area (Å²) in [5.41, 5.74) is 6.30. The van der Waals surface area contributed by atoms with Crippen LogP contribution in [0.4, 0.5) is 5.69 Å². The summed E-state index contributed by atoms with van der Waals surface area (Å²) in [6, 6.07) is 3.52. The molecule has 0 spiro atoms. The molecular formula is C9H11N3O. The molecule has 0 saturated carbocycles. The molecule has 1 aromatic heterocycles. The minimum atomic E-state index is 0.00299. The van der Waals surface area contributed by atoms with Gasteiger partial charge in [-0.05, 0) is 19.9 Å². The minimum Gasteiger partial charge on any atom is -0.474 e. The number of anilines is 1. The van der Waals surface area contributed by atoms with Crippen molar-refractivity contribution in [2.45, 2.75) is 20.0 Å². The van der Waals surface area contributed by atoms with Gasteiger partial charge in [-0.25, -0.2) is 4.98 Å². The van der Waals surface area contributed by atoms with Gasteiger partial charge in [0.2, 0.25) is 5.88 Å². The van der Waals surface area contributed by atoms with Gasteiger partial charge in [0.1, 0.15) is 11.6 Å². The van der Waals surface area contributed by atoms with Crippen molar-refractivity contribution in [3.8, 4) is 11.9 Å². The van der Waals surface area contributed by atoms with E-state index >= 15 is 0 Å². The van der Waals surface area contributed by atoms with E-state index in [4.69, 9.17) is 15.7 Å². The number of ether oxygens (including phenoxy) is 1. The smallest absolute Gasteiger partial charge is 0.232 e. The fraction of sp³-hybridized carbons (Fsp3) is 0.333. The Morgan fingerprint density at radius 2 is 2.31 bits per heavy atom. The first-order valence-electron chi connectivity index (χ1n) is 3.95. The lowest BCUT2D eigenvalue weighted by molar-refractivity contribution is 0.232. The molecule has 1 rings (SSSR count). The maximum Gasteiger partial charge on any atom is 0.232 e. The zero-order valence-corrected chi connectivity index (χ0v) is 7.61. The summed E-state index contributed by atoms with van der Waals surface area (Å²) >= 11 is 0. The summed E-state index contributed by atoms with van der Waals surface area (Å²) < 4.78 is 5.30. The van der Waals surface area contributed by atoms with E-state index < -0.39 is 0 Å². The van der Waals surface area contributed by atoms with Crippen molar-refractivity contribution in [3.05, 3.63) is 17.8 Å². The number of nitrogens with two attached hydrogens (primary N) is 1. The molecular weight excluding hydrogens is 166 g/mol. The molecule has 13 heavy (non-hydrogen) atoms. The van der Waals surface area contributed by atoms with Gasteiger partial charge in [-0.2, -0.15) is 5.26 Å². The standard InChI is InChI=1S/C9H11N3O/c1-6(2)13-9-7(4-10)3-8(11)5-12-9/h3,5-6H,11H2,1-2H3. The van der Waals surface area contributed by atoms with Gasteiger partial charge in [0, 0.05) is 0 Å². The third-order valence-corrected chi connectivity index (χ3v) is 1.34. The molecule has 4 nitrogen and oxygen atoms in total. The molecule has 1 aromatic rings. The van der Waals surface area contributed by atoms with E-state index in [1.54, 1.807) is 6.07 Å². The Bertz CT molecular complexity index is 341. The van der Waals surface area contributed by atoms with Crippen LogP contribution >= 0.6 is 0 Å². The van der Waals surface area contributed by atoms with E-state index in [9.17, 15) is 0 Å². The summed E-state index contributed by atoms with van der Waals surface area (Å²) in [7, 11) is 0. The number of pyridine rings is 1. The van der Waals surface area contributed by atoms with E-state index in [0.717, 1.165) is 0 Å². The van der Waals surface area contributed by atoms with Crippen LogP contribution in [0.1, 0.15) is 19.4 Å². The Balaban J connectivity index is 3.01. The van der Waals surface area contributed by atoms with Crippen molar-refractivity contribution in [2.24, 2.45) is 0 Å². The number of aromatic nitrogens is 1. The number of rotatable bonds is 2. The first-order chi connectivity index (χ1) is 6.13. The fourth-order valence-corrected chi connectivity index (χ4v) is 0.866. The highest BCUT2D eigenvalue weighted by atomic mass is 16.5. The van der Waals surface area contributed by atoms with E-state index in [0.29, 0.717) is 17.1 Å². The maximum atomic E-state index is 8.73. The fourth-order valence-electron chi connectivity index (χ4n) is 0.866. The summed E-state index contributed by atoms with van der Waals surface area (Å²) in [6.07, 6.45) is 1.47. The van der Waals surface area contributed by atoms with E-state index in [1.165, 1.54) is 6.20 Å². The van der Waals surface area contributed by atoms with E-state index in [-0.39, 0.29) is 6.10 Å². The quantitative estimate of drug-likeness (QED) is 0.739. The molecule has 0 aliphatic carbocycles. The molecule has 0 unspecified atom stereocenters. The average molecular weight is 177 g/mol. The van der Waals surface area contributed by atoms with Crippen LogP contribution in [0.5, 0.6) is 5.88 Å². The Kier molecular flexibility index (Phi) is 2.70. The van der Waals surface area contributed by atoms with Gasteiger partial charge in [0.15, 0.2) is 0 Å². The van der Waals surface area contributed by atoms with Crippen LogP contribution in [-0.4, -0.2) is 11.1 Å². The second-order valence-electron chi connectivity index (χ2n) is 2.90. The summed E-state index contributed by atoms with van der Waals surface area (Å²) in [5, 5.41) is 8.73. The SMILES string of the molecule is CC(C)Oc1ncc(N)cc1C#N. The highest BCUT2D eigenvalue weighted by Gasteiger charge is 2.06. The second-order valence-corrected chi connectivity index (χ2v) is 2.90. The van der Waals surface area contributed by atoms with Crippen LogP contribution in [0.25, 0.3) is 0 Å². The Morgan fingerprint density at radius 3 is 2.85 bits per heavy atom. The molecule has 1 heterocycles. The summed E-state index contributed by atoms with van der Waals surface area (Å²) in [4.78, 5) is 3.92. The van der Waals surface area contributed by atoms with E-state index in [1.807, 2.05) is 19.9 Å². The van der Waals surface area contributed by atoms with Crippen molar-refractivity contribution in [1.29, 1.82) is 5.26 Å². The molecule has 0 bridgehead atoms. The largest absolute Gasteiger partial charge is 0.474 e. The van der Waals surface area contributed by atoms with E-state index in [2.05, 4.69) is 4.98 Å². The lowest BCUT2D eigenvalue weighted by Gasteiger charge is -2.09. The second kappa shape index (κ2) is 3.76. The highest BCUT2D eigenvalue weighted by Crippen LogP contribution is 2.17. The van der Waals surface area contributed by atoms with Gasteiger partial charge in [-0.15, -0.1) is 0 Å². The van der Waals surface area contributed by atoms with Crippen LogP contribution in [0, 0.1) is 11.3 Å². The first kappa shape index (κ1) is 9.33. The van der Waals surface area contributed by atoms with Crippen LogP contribution in [-0.2, 0) is 0 Å².